The number of benzene rings is 2. The van der Waals surface area contributed by atoms with Gasteiger partial charge in [0.2, 0.25) is 0 Å². The molecule has 0 aliphatic heterocycles. The number of alkyl halides is 7. The van der Waals surface area contributed by atoms with Crippen molar-refractivity contribution < 1.29 is 30.7 Å². The molecule has 0 heterocycles. The molecule has 0 radical (unpaired) electrons. The second-order valence-corrected chi connectivity index (χ2v) is 4.17. The van der Waals surface area contributed by atoms with Crippen LogP contribution in [0.2, 0.25) is 0 Å². The Morgan fingerprint density at radius 3 is 1.80 bits per heavy atom. The van der Waals surface area contributed by atoms with E-state index in [9.17, 15) is 30.7 Å². The highest BCUT2D eigenvalue weighted by molar-refractivity contribution is 5.86. The number of hydrogen-bond acceptors (Lipinski definition) is 0. The molecule has 0 unspecified atom stereocenters. The fourth-order valence-electron chi connectivity index (χ4n) is 1.85. The summed E-state index contributed by atoms with van der Waals surface area (Å²) >= 11 is 0. The highest BCUT2D eigenvalue weighted by Gasteiger charge is 2.73. The van der Waals surface area contributed by atoms with E-state index in [1.54, 1.807) is 0 Å². The normalized spacial score (nSPS) is 13.8. The van der Waals surface area contributed by atoms with Crippen molar-refractivity contribution in [2.45, 2.75) is 18.0 Å². The quantitative estimate of drug-likeness (QED) is 0.674. The second kappa shape index (κ2) is 4.36. The van der Waals surface area contributed by atoms with E-state index < -0.39 is 23.6 Å². The maximum Gasteiger partial charge on any atom is 0.460 e. The van der Waals surface area contributed by atoms with E-state index in [1.165, 1.54) is 24.3 Å². The summed E-state index contributed by atoms with van der Waals surface area (Å²) < 4.78 is 90.0. The van der Waals surface area contributed by atoms with E-state index in [0.29, 0.717) is 6.07 Å². The molecule has 2 aromatic rings. The van der Waals surface area contributed by atoms with Crippen LogP contribution in [0.5, 0.6) is 0 Å². The van der Waals surface area contributed by atoms with E-state index in [2.05, 4.69) is 0 Å². The monoisotopic (exact) mass is 296 g/mol. The summed E-state index contributed by atoms with van der Waals surface area (Å²) in [6, 6.07) is 8.10. The highest BCUT2D eigenvalue weighted by atomic mass is 19.4. The van der Waals surface area contributed by atoms with E-state index in [0.717, 1.165) is 12.1 Å². The fraction of sp³-hybridized carbons (Fsp3) is 0.231. The molecule has 0 N–H and O–H groups in total. The van der Waals surface area contributed by atoms with Gasteiger partial charge >= 0.3 is 18.0 Å². The molecule has 108 valence electrons. The topological polar surface area (TPSA) is 0 Å². The van der Waals surface area contributed by atoms with Crippen LogP contribution in [0, 0.1) is 0 Å². The molecule has 0 amide bonds. The van der Waals surface area contributed by atoms with Gasteiger partial charge < -0.3 is 0 Å². The van der Waals surface area contributed by atoms with Gasteiger partial charge in [-0.25, -0.2) is 0 Å². The standard InChI is InChI=1S/C13H7F7/c14-11(15,12(16,17)13(18,19)20)10-7-3-5-8-4-1-2-6-9(8)10/h1-7H. The van der Waals surface area contributed by atoms with E-state index in [4.69, 9.17) is 0 Å². The van der Waals surface area contributed by atoms with Crippen LogP contribution in [-0.2, 0) is 5.92 Å². The predicted octanol–water partition coefficient (Wildman–Crippen LogP) is 5.13. The molecule has 0 aromatic heterocycles. The molecule has 2 aromatic carbocycles. The Morgan fingerprint density at radius 2 is 1.20 bits per heavy atom. The first kappa shape index (κ1) is 14.6. The minimum absolute atomic E-state index is 0.155. The van der Waals surface area contributed by atoms with Gasteiger partial charge in [0, 0.05) is 5.56 Å². The van der Waals surface area contributed by atoms with Gasteiger partial charge in [0.15, 0.2) is 0 Å². The maximum absolute atomic E-state index is 13.7. The molecule has 0 saturated carbocycles. The summed E-state index contributed by atoms with van der Waals surface area (Å²) in [6.07, 6.45) is -6.34. The van der Waals surface area contributed by atoms with Crippen LogP contribution < -0.4 is 0 Å². The first-order chi connectivity index (χ1) is 9.09. The SMILES string of the molecule is FC(F)(F)C(F)(F)C(F)(F)c1cccc2ccccc12. The molecule has 2 rings (SSSR count). The average Bonchev–Trinajstić information content (AvgIpc) is 2.36. The van der Waals surface area contributed by atoms with Gasteiger partial charge in [-0.3, -0.25) is 0 Å². The largest absolute Gasteiger partial charge is 0.460 e. The molecular formula is C13H7F7. The smallest absolute Gasteiger partial charge is 0.194 e. The third-order valence-electron chi connectivity index (χ3n) is 2.88. The molecule has 0 atom stereocenters. The minimum Gasteiger partial charge on any atom is -0.194 e. The summed E-state index contributed by atoms with van der Waals surface area (Å²) in [6.45, 7) is 0. The van der Waals surface area contributed by atoms with Gasteiger partial charge in [-0.15, -0.1) is 0 Å². The van der Waals surface area contributed by atoms with Gasteiger partial charge in [0.1, 0.15) is 0 Å². The molecule has 7 heteroatoms. The number of rotatable bonds is 2. The van der Waals surface area contributed by atoms with Gasteiger partial charge in [0.05, 0.1) is 0 Å². The van der Waals surface area contributed by atoms with Crippen LogP contribution in [0.4, 0.5) is 30.7 Å². The van der Waals surface area contributed by atoms with Crippen molar-refractivity contribution in [1.29, 1.82) is 0 Å². The van der Waals surface area contributed by atoms with E-state index in [1.807, 2.05) is 0 Å². The van der Waals surface area contributed by atoms with Crippen LogP contribution in [-0.4, -0.2) is 12.1 Å². The maximum atomic E-state index is 13.7. The van der Waals surface area contributed by atoms with Crippen LogP contribution in [0.15, 0.2) is 42.5 Å². The number of fused-ring (bicyclic) bond motifs is 1. The Morgan fingerprint density at radius 1 is 0.650 bits per heavy atom. The number of hydrogen-bond donors (Lipinski definition) is 0. The van der Waals surface area contributed by atoms with Crippen molar-refractivity contribution in [3.63, 3.8) is 0 Å². The van der Waals surface area contributed by atoms with Crippen molar-refractivity contribution in [3.05, 3.63) is 48.0 Å². The molecule has 0 fully saturated rings. The van der Waals surface area contributed by atoms with E-state index in [-0.39, 0.29) is 10.8 Å². The Balaban J connectivity index is 2.69. The zero-order chi connectivity index (χ0) is 15.2. The third kappa shape index (κ3) is 2.01. The first-order valence-electron chi connectivity index (χ1n) is 5.39. The van der Waals surface area contributed by atoms with Crippen LogP contribution in [0.3, 0.4) is 0 Å². The van der Waals surface area contributed by atoms with Crippen LogP contribution in [0.25, 0.3) is 10.8 Å². The van der Waals surface area contributed by atoms with Crippen molar-refractivity contribution in [3.8, 4) is 0 Å². The summed E-state index contributed by atoms with van der Waals surface area (Å²) in [5.74, 6) is -11.5. The molecule has 0 spiro atoms. The van der Waals surface area contributed by atoms with Crippen molar-refractivity contribution in [2.75, 3.05) is 0 Å². The summed E-state index contributed by atoms with van der Waals surface area (Å²) in [7, 11) is 0. The second-order valence-electron chi connectivity index (χ2n) is 4.17. The lowest BCUT2D eigenvalue weighted by molar-refractivity contribution is -0.359. The fourth-order valence-corrected chi connectivity index (χ4v) is 1.85. The van der Waals surface area contributed by atoms with Crippen molar-refractivity contribution in [1.82, 2.24) is 0 Å². The van der Waals surface area contributed by atoms with Gasteiger partial charge in [-0.05, 0) is 10.8 Å². The molecule has 0 saturated heterocycles. The molecule has 0 aliphatic carbocycles. The molecule has 0 bridgehead atoms. The zero-order valence-electron chi connectivity index (χ0n) is 9.69. The summed E-state index contributed by atoms with van der Waals surface area (Å²) in [5.41, 5.74) is -1.35. The lowest BCUT2D eigenvalue weighted by Crippen LogP contribution is -2.50. The third-order valence-corrected chi connectivity index (χ3v) is 2.88. The van der Waals surface area contributed by atoms with Crippen LogP contribution in [0.1, 0.15) is 5.56 Å². The number of halogens is 7. The van der Waals surface area contributed by atoms with Gasteiger partial charge in [0.25, 0.3) is 0 Å². The van der Waals surface area contributed by atoms with Crippen molar-refractivity contribution >= 4 is 10.8 Å². The summed E-state index contributed by atoms with van der Waals surface area (Å²) in [4.78, 5) is 0. The Labute approximate surface area is 108 Å². The Hall–Kier alpha value is -1.79. The van der Waals surface area contributed by atoms with Gasteiger partial charge in [-0.2, -0.15) is 30.7 Å². The minimum atomic E-state index is -6.34. The lowest BCUT2D eigenvalue weighted by Gasteiger charge is -2.29. The Bertz CT molecular complexity index is 623. The predicted molar refractivity (Wildman–Crippen MR) is 58.8 cm³/mol. The zero-order valence-corrected chi connectivity index (χ0v) is 9.69. The average molecular weight is 296 g/mol. The van der Waals surface area contributed by atoms with E-state index >= 15 is 0 Å². The van der Waals surface area contributed by atoms with Gasteiger partial charge in [-0.1, -0.05) is 42.5 Å². The van der Waals surface area contributed by atoms with Crippen LogP contribution >= 0.6 is 0 Å². The highest BCUT2D eigenvalue weighted by Crippen LogP contribution is 2.52. The molecule has 20 heavy (non-hydrogen) atoms. The lowest BCUT2D eigenvalue weighted by atomic mass is 9.95. The first-order valence-corrected chi connectivity index (χ1v) is 5.39. The molecule has 0 aliphatic rings. The van der Waals surface area contributed by atoms with Crippen molar-refractivity contribution in [2.24, 2.45) is 0 Å². The molecular weight excluding hydrogens is 289 g/mol. The Kier molecular flexibility index (Phi) is 3.19. The summed E-state index contributed by atoms with van der Waals surface area (Å²) in [5, 5.41) is -0.188. The molecule has 0 nitrogen and oxygen atoms in total.